The Labute approximate surface area is 161 Å². The van der Waals surface area contributed by atoms with Crippen LogP contribution in [-0.2, 0) is 4.79 Å². The number of nitrogens with one attached hydrogen (secondary N) is 1. The number of amides is 3. The first-order valence-electron chi connectivity index (χ1n) is 8.98. The van der Waals surface area contributed by atoms with E-state index in [4.69, 9.17) is 4.42 Å². The zero-order chi connectivity index (χ0) is 19.5. The standard InChI is InChI=1S/C22H18N2O4/c25-19(12-13-24-21(26)16-9-4-5-10-17(16)22(24)27)23-20(18-11-6-14-28-18)15-7-2-1-3-8-15/h1-11,14,20H,12-13H2,(H,23,25)/t20-/m0/s1. The molecule has 0 saturated heterocycles. The third-order valence-electron chi connectivity index (χ3n) is 4.71. The molecule has 4 rings (SSSR count). The van der Waals surface area contributed by atoms with Crippen LogP contribution in [0.4, 0.5) is 0 Å². The normalized spacial score (nSPS) is 14.1. The minimum atomic E-state index is -0.439. The van der Waals surface area contributed by atoms with Crippen LogP contribution >= 0.6 is 0 Å². The summed E-state index contributed by atoms with van der Waals surface area (Å²) in [5.41, 5.74) is 1.64. The average Bonchev–Trinajstić information content (AvgIpc) is 3.34. The number of carbonyl (C=O) groups excluding carboxylic acids is 3. The van der Waals surface area contributed by atoms with Gasteiger partial charge in [-0.15, -0.1) is 0 Å². The molecule has 1 aliphatic rings. The highest BCUT2D eigenvalue weighted by atomic mass is 16.3. The second-order valence-corrected chi connectivity index (χ2v) is 6.48. The first kappa shape index (κ1) is 17.7. The maximum absolute atomic E-state index is 12.6. The SMILES string of the molecule is O=C(CCN1C(=O)c2ccccc2C1=O)N[C@@H](c1ccccc1)c1ccco1. The van der Waals surface area contributed by atoms with Crippen LogP contribution in [-0.4, -0.2) is 29.2 Å². The van der Waals surface area contributed by atoms with Gasteiger partial charge in [0.1, 0.15) is 11.8 Å². The largest absolute Gasteiger partial charge is 0.467 e. The summed E-state index contributed by atoms with van der Waals surface area (Å²) in [4.78, 5) is 38.5. The average molecular weight is 374 g/mol. The zero-order valence-electron chi connectivity index (χ0n) is 15.0. The Balaban J connectivity index is 1.44. The molecule has 0 fully saturated rings. The van der Waals surface area contributed by atoms with E-state index in [1.165, 1.54) is 0 Å². The van der Waals surface area contributed by atoms with E-state index in [-0.39, 0.29) is 30.7 Å². The van der Waals surface area contributed by atoms with E-state index in [9.17, 15) is 14.4 Å². The third-order valence-corrected chi connectivity index (χ3v) is 4.71. The molecule has 0 aliphatic carbocycles. The van der Waals surface area contributed by atoms with E-state index in [0.717, 1.165) is 10.5 Å². The smallest absolute Gasteiger partial charge is 0.261 e. The predicted molar refractivity (Wildman–Crippen MR) is 102 cm³/mol. The van der Waals surface area contributed by atoms with E-state index in [1.807, 2.05) is 30.3 Å². The van der Waals surface area contributed by atoms with Crippen LogP contribution in [0, 0.1) is 0 Å². The summed E-state index contributed by atoms with van der Waals surface area (Å²) in [6.45, 7) is 0.0256. The zero-order valence-corrected chi connectivity index (χ0v) is 15.0. The van der Waals surface area contributed by atoms with Crippen LogP contribution in [0.15, 0.2) is 77.4 Å². The van der Waals surface area contributed by atoms with Gasteiger partial charge >= 0.3 is 0 Å². The quantitative estimate of drug-likeness (QED) is 0.672. The number of nitrogens with zero attached hydrogens (tertiary/aromatic N) is 1. The van der Waals surface area contributed by atoms with Crippen LogP contribution in [0.2, 0.25) is 0 Å². The van der Waals surface area contributed by atoms with Gasteiger partial charge in [0.15, 0.2) is 0 Å². The molecule has 140 valence electrons. The Hall–Kier alpha value is -3.67. The second-order valence-electron chi connectivity index (χ2n) is 6.48. The topological polar surface area (TPSA) is 79.6 Å². The molecular formula is C22H18N2O4. The molecule has 0 saturated carbocycles. The van der Waals surface area contributed by atoms with E-state index >= 15 is 0 Å². The molecule has 1 aromatic heterocycles. The van der Waals surface area contributed by atoms with Crippen molar-refractivity contribution in [2.45, 2.75) is 12.5 Å². The molecule has 6 heteroatoms. The van der Waals surface area contributed by atoms with Crippen molar-refractivity contribution in [2.24, 2.45) is 0 Å². The van der Waals surface area contributed by atoms with Gasteiger partial charge in [0, 0.05) is 13.0 Å². The van der Waals surface area contributed by atoms with Crippen molar-refractivity contribution in [1.82, 2.24) is 10.2 Å². The lowest BCUT2D eigenvalue weighted by molar-refractivity contribution is -0.121. The van der Waals surface area contributed by atoms with Crippen LogP contribution in [0.25, 0.3) is 0 Å². The number of fused-ring (bicyclic) bond motifs is 1. The van der Waals surface area contributed by atoms with E-state index in [0.29, 0.717) is 16.9 Å². The van der Waals surface area contributed by atoms with Gasteiger partial charge in [-0.05, 0) is 29.8 Å². The molecular weight excluding hydrogens is 356 g/mol. The van der Waals surface area contributed by atoms with Crippen LogP contribution in [0.5, 0.6) is 0 Å². The van der Waals surface area contributed by atoms with Crippen molar-refractivity contribution < 1.29 is 18.8 Å². The van der Waals surface area contributed by atoms with Gasteiger partial charge in [0.05, 0.1) is 17.4 Å². The highest BCUT2D eigenvalue weighted by Crippen LogP contribution is 2.24. The lowest BCUT2D eigenvalue weighted by Crippen LogP contribution is -2.36. The van der Waals surface area contributed by atoms with Crippen LogP contribution < -0.4 is 5.32 Å². The minimum absolute atomic E-state index is 0.00944. The van der Waals surface area contributed by atoms with Crippen molar-refractivity contribution in [3.8, 4) is 0 Å². The number of rotatable bonds is 6. The fourth-order valence-electron chi connectivity index (χ4n) is 3.31. The summed E-state index contributed by atoms with van der Waals surface area (Å²) >= 11 is 0. The minimum Gasteiger partial charge on any atom is -0.467 e. The van der Waals surface area contributed by atoms with Gasteiger partial charge in [-0.1, -0.05) is 42.5 Å². The van der Waals surface area contributed by atoms with Gasteiger partial charge in [0.25, 0.3) is 11.8 Å². The van der Waals surface area contributed by atoms with E-state index in [1.54, 1.807) is 42.7 Å². The molecule has 0 unspecified atom stereocenters. The third kappa shape index (κ3) is 3.32. The van der Waals surface area contributed by atoms with Gasteiger partial charge in [-0.3, -0.25) is 19.3 Å². The van der Waals surface area contributed by atoms with Crippen molar-refractivity contribution in [3.05, 3.63) is 95.4 Å². The lowest BCUT2D eigenvalue weighted by atomic mass is 10.0. The van der Waals surface area contributed by atoms with Crippen LogP contribution in [0.1, 0.15) is 44.5 Å². The molecule has 0 spiro atoms. The van der Waals surface area contributed by atoms with Gasteiger partial charge in [0.2, 0.25) is 5.91 Å². The maximum Gasteiger partial charge on any atom is 0.261 e. The van der Waals surface area contributed by atoms with E-state index in [2.05, 4.69) is 5.32 Å². The summed E-state index contributed by atoms with van der Waals surface area (Å²) in [6, 6.07) is 19.3. The Morgan fingerprint density at radius 3 is 2.14 bits per heavy atom. The Kier molecular flexibility index (Phi) is 4.76. The first-order chi connectivity index (χ1) is 13.6. The molecule has 3 aromatic rings. The molecule has 1 aliphatic heterocycles. The number of imide groups is 1. The Morgan fingerprint density at radius 2 is 1.54 bits per heavy atom. The molecule has 2 heterocycles. The summed E-state index contributed by atoms with van der Waals surface area (Å²) in [6.07, 6.45) is 1.56. The Morgan fingerprint density at radius 1 is 0.893 bits per heavy atom. The predicted octanol–water partition coefficient (Wildman–Crippen LogP) is 3.17. The molecule has 3 amide bonds. The van der Waals surface area contributed by atoms with Gasteiger partial charge < -0.3 is 9.73 Å². The summed E-state index contributed by atoms with van der Waals surface area (Å²) in [5, 5.41) is 2.93. The van der Waals surface area contributed by atoms with Crippen molar-refractivity contribution in [1.29, 1.82) is 0 Å². The molecule has 1 atom stereocenters. The number of hydrogen-bond donors (Lipinski definition) is 1. The monoisotopic (exact) mass is 374 g/mol. The molecule has 28 heavy (non-hydrogen) atoms. The highest BCUT2D eigenvalue weighted by molar-refractivity contribution is 6.21. The number of hydrogen-bond acceptors (Lipinski definition) is 4. The second kappa shape index (κ2) is 7.52. The number of benzene rings is 2. The number of carbonyl (C=O) groups is 3. The van der Waals surface area contributed by atoms with E-state index < -0.39 is 6.04 Å². The molecule has 0 bridgehead atoms. The first-order valence-corrected chi connectivity index (χ1v) is 8.98. The van der Waals surface area contributed by atoms with Gasteiger partial charge in [-0.25, -0.2) is 0 Å². The summed E-state index contributed by atoms with van der Waals surface area (Å²) in [5.74, 6) is -0.389. The highest BCUT2D eigenvalue weighted by Gasteiger charge is 2.35. The summed E-state index contributed by atoms with van der Waals surface area (Å²) in [7, 11) is 0. The summed E-state index contributed by atoms with van der Waals surface area (Å²) < 4.78 is 5.47. The fraction of sp³-hybridized carbons (Fsp3) is 0.136. The molecule has 0 radical (unpaired) electrons. The maximum atomic E-state index is 12.6. The molecule has 2 aromatic carbocycles. The van der Waals surface area contributed by atoms with Crippen molar-refractivity contribution in [2.75, 3.05) is 6.54 Å². The lowest BCUT2D eigenvalue weighted by Gasteiger charge is -2.18. The van der Waals surface area contributed by atoms with Gasteiger partial charge in [-0.2, -0.15) is 0 Å². The molecule has 6 nitrogen and oxygen atoms in total. The fourth-order valence-corrected chi connectivity index (χ4v) is 3.31. The Bertz CT molecular complexity index is 977. The van der Waals surface area contributed by atoms with Crippen LogP contribution in [0.3, 0.4) is 0 Å². The van der Waals surface area contributed by atoms with Crippen molar-refractivity contribution in [3.63, 3.8) is 0 Å². The van der Waals surface area contributed by atoms with Crippen molar-refractivity contribution >= 4 is 17.7 Å². The number of furan rings is 1. The molecule has 1 N–H and O–H groups in total.